The van der Waals surface area contributed by atoms with Crippen LogP contribution in [0.2, 0.25) is 0 Å². The van der Waals surface area contributed by atoms with Crippen LogP contribution in [0.25, 0.3) is 0 Å². The van der Waals surface area contributed by atoms with E-state index in [0.29, 0.717) is 12.5 Å². The first kappa shape index (κ1) is 18.4. The first-order valence-electron chi connectivity index (χ1n) is 9.56. The van der Waals surface area contributed by atoms with E-state index < -0.39 is 0 Å². The fourth-order valence-corrected chi connectivity index (χ4v) is 4.04. The van der Waals surface area contributed by atoms with E-state index in [-0.39, 0.29) is 5.91 Å². The number of hydrogen-bond donors (Lipinski definition) is 0. The predicted molar refractivity (Wildman–Crippen MR) is 101 cm³/mol. The van der Waals surface area contributed by atoms with Gasteiger partial charge in [-0.1, -0.05) is 25.1 Å². The molecule has 2 aliphatic heterocycles. The summed E-state index contributed by atoms with van der Waals surface area (Å²) in [5.74, 6) is 0.264. The van der Waals surface area contributed by atoms with Gasteiger partial charge >= 0.3 is 0 Å². The van der Waals surface area contributed by atoms with Gasteiger partial charge in [0, 0.05) is 64.5 Å². The fourth-order valence-electron chi connectivity index (χ4n) is 4.04. The molecular formula is C20H31N3O2. The van der Waals surface area contributed by atoms with Crippen LogP contribution in [0, 0.1) is 0 Å². The van der Waals surface area contributed by atoms with Crippen molar-refractivity contribution >= 4 is 11.6 Å². The standard InChI is InChI=1S/C20H31N3O2/c1-3-18-16-21(12-13-22(18)14-15-25-2)10-9-20(24)23-11-8-17-6-4-5-7-19(17)23/h4-7,18H,3,8-16H2,1-2H3/t18-/m1/s1. The van der Waals surface area contributed by atoms with E-state index >= 15 is 0 Å². The Balaban J connectivity index is 1.48. The third-order valence-corrected chi connectivity index (χ3v) is 5.57. The van der Waals surface area contributed by atoms with E-state index in [1.165, 1.54) is 5.56 Å². The molecule has 0 aliphatic carbocycles. The van der Waals surface area contributed by atoms with Crippen LogP contribution in [0.5, 0.6) is 0 Å². The molecule has 1 aromatic rings. The van der Waals surface area contributed by atoms with E-state index in [2.05, 4.69) is 34.9 Å². The number of rotatable bonds is 7. The van der Waals surface area contributed by atoms with Gasteiger partial charge in [0.2, 0.25) is 5.91 Å². The molecule has 0 radical (unpaired) electrons. The number of hydrogen-bond acceptors (Lipinski definition) is 4. The number of carbonyl (C=O) groups is 1. The number of ether oxygens (including phenoxy) is 1. The van der Waals surface area contributed by atoms with E-state index in [1.54, 1.807) is 7.11 Å². The topological polar surface area (TPSA) is 36.0 Å². The van der Waals surface area contributed by atoms with Crippen LogP contribution in [0.3, 0.4) is 0 Å². The van der Waals surface area contributed by atoms with Crippen LogP contribution >= 0.6 is 0 Å². The zero-order chi connectivity index (χ0) is 17.6. The molecule has 1 saturated heterocycles. The molecular weight excluding hydrogens is 314 g/mol. The quantitative estimate of drug-likeness (QED) is 0.757. The van der Waals surface area contributed by atoms with Gasteiger partial charge in [-0.2, -0.15) is 0 Å². The second kappa shape index (κ2) is 8.79. The number of para-hydroxylation sites is 1. The third-order valence-electron chi connectivity index (χ3n) is 5.57. The Labute approximate surface area is 151 Å². The fraction of sp³-hybridized carbons (Fsp3) is 0.650. The van der Waals surface area contributed by atoms with Crippen molar-refractivity contribution < 1.29 is 9.53 Å². The van der Waals surface area contributed by atoms with E-state index in [9.17, 15) is 4.79 Å². The molecule has 1 atom stereocenters. The van der Waals surface area contributed by atoms with Gasteiger partial charge in [-0.3, -0.25) is 14.6 Å². The molecule has 0 bridgehead atoms. The second-order valence-electron chi connectivity index (χ2n) is 7.07. The minimum atomic E-state index is 0.264. The van der Waals surface area contributed by atoms with Crippen LogP contribution in [0.4, 0.5) is 5.69 Å². The Kier molecular flexibility index (Phi) is 6.45. The molecule has 138 valence electrons. The maximum atomic E-state index is 12.7. The summed E-state index contributed by atoms with van der Waals surface area (Å²) in [4.78, 5) is 19.6. The number of carbonyl (C=O) groups excluding carboxylic acids is 1. The highest BCUT2D eigenvalue weighted by molar-refractivity contribution is 5.95. The molecule has 1 aromatic carbocycles. The first-order valence-corrected chi connectivity index (χ1v) is 9.56. The summed E-state index contributed by atoms with van der Waals surface area (Å²) in [6, 6.07) is 8.86. The molecule has 2 heterocycles. The van der Waals surface area contributed by atoms with Crippen molar-refractivity contribution in [2.24, 2.45) is 0 Å². The summed E-state index contributed by atoms with van der Waals surface area (Å²) < 4.78 is 5.22. The Morgan fingerprint density at radius 1 is 1.20 bits per heavy atom. The first-order chi connectivity index (χ1) is 12.2. The molecule has 1 amide bonds. The monoisotopic (exact) mass is 345 g/mol. The molecule has 3 rings (SSSR count). The Hall–Kier alpha value is -1.43. The van der Waals surface area contributed by atoms with Crippen molar-refractivity contribution in [2.75, 3.05) is 57.9 Å². The average Bonchev–Trinajstić information content (AvgIpc) is 3.09. The predicted octanol–water partition coefficient (Wildman–Crippen LogP) is 2.01. The Morgan fingerprint density at radius 2 is 2.04 bits per heavy atom. The summed E-state index contributed by atoms with van der Waals surface area (Å²) in [7, 11) is 1.76. The lowest BCUT2D eigenvalue weighted by molar-refractivity contribution is -0.119. The van der Waals surface area contributed by atoms with Gasteiger partial charge in [-0.05, 0) is 24.5 Å². The van der Waals surface area contributed by atoms with Gasteiger partial charge in [0.25, 0.3) is 0 Å². The lowest BCUT2D eigenvalue weighted by Crippen LogP contribution is -2.54. The second-order valence-corrected chi connectivity index (χ2v) is 7.07. The van der Waals surface area contributed by atoms with Crippen molar-refractivity contribution in [3.8, 4) is 0 Å². The highest BCUT2D eigenvalue weighted by Gasteiger charge is 2.27. The highest BCUT2D eigenvalue weighted by Crippen LogP contribution is 2.28. The number of methoxy groups -OCH3 is 1. The minimum absolute atomic E-state index is 0.264. The van der Waals surface area contributed by atoms with Gasteiger partial charge in [0.05, 0.1) is 6.61 Å². The summed E-state index contributed by atoms with van der Waals surface area (Å²) >= 11 is 0. The maximum Gasteiger partial charge on any atom is 0.228 e. The molecule has 0 aromatic heterocycles. The average molecular weight is 345 g/mol. The smallest absolute Gasteiger partial charge is 0.228 e. The van der Waals surface area contributed by atoms with Crippen LogP contribution < -0.4 is 4.90 Å². The van der Waals surface area contributed by atoms with E-state index in [4.69, 9.17) is 4.74 Å². The van der Waals surface area contributed by atoms with Crippen molar-refractivity contribution in [1.29, 1.82) is 0 Å². The molecule has 0 N–H and O–H groups in total. The molecule has 1 fully saturated rings. The van der Waals surface area contributed by atoms with Crippen molar-refractivity contribution in [3.05, 3.63) is 29.8 Å². The summed E-state index contributed by atoms with van der Waals surface area (Å²) in [6.45, 7) is 8.93. The van der Waals surface area contributed by atoms with Crippen molar-refractivity contribution in [1.82, 2.24) is 9.80 Å². The summed E-state index contributed by atoms with van der Waals surface area (Å²) in [6.07, 6.45) is 2.74. The molecule has 0 saturated carbocycles. The van der Waals surface area contributed by atoms with Gasteiger partial charge in [-0.25, -0.2) is 0 Å². The zero-order valence-corrected chi connectivity index (χ0v) is 15.6. The third kappa shape index (κ3) is 4.40. The lowest BCUT2D eigenvalue weighted by atomic mass is 10.1. The number of nitrogens with zero attached hydrogens (tertiary/aromatic N) is 3. The van der Waals surface area contributed by atoms with Gasteiger partial charge < -0.3 is 9.64 Å². The Bertz CT molecular complexity index is 578. The van der Waals surface area contributed by atoms with Crippen LogP contribution in [-0.4, -0.2) is 74.7 Å². The van der Waals surface area contributed by atoms with Gasteiger partial charge in [0.15, 0.2) is 0 Å². The number of anilines is 1. The SMILES string of the molecule is CC[C@@H]1CN(CCC(=O)N2CCc3ccccc32)CCN1CCOC. The van der Waals surface area contributed by atoms with Crippen LogP contribution in [0.1, 0.15) is 25.3 Å². The lowest BCUT2D eigenvalue weighted by Gasteiger charge is -2.41. The molecule has 0 spiro atoms. The minimum Gasteiger partial charge on any atom is -0.383 e. The van der Waals surface area contributed by atoms with E-state index in [1.807, 2.05) is 11.0 Å². The molecule has 0 unspecified atom stereocenters. The maximum absolute atomic E-state index is 12.7. The normalized spacial score (nSPS) is 21.5. The number of amides is 1. The van der Waals surface area contributed by atoms with Crippen molar-refractivity contribution in [2.45, 2.75) is 32.2 Å². The summed E-state index contributed by atoms with van der Waals surface area (Å²) in [5.41, 5.74) is 2.41. The van der Waals surface area contributed by atoms with Gasteiger partial charge in [0.1, 0.15) is 0 Å². The number of benzene rings is 1. The van der Waals surface area contributed by atoms with E-state index in [0.717, 1.165) is 64.4 Å². The highest BCUT2D eigenvalue weighted by atomic mass is 16.5. The molecule has 5 nitrogen and oxygen atoms in total. The zero-order valence-electron chi connectivity index (χ0n) is 15.6. The molecule has 5 heteroatoms. The van der Waals surface area contributed by atoms with Crippen LogP contribution in [-0.2, 0) is 16.0 Å². The van der Waals surface area contributed by atoms with Crippen LogP contribution in [0.15, 0.2) is 24.3 Å². The molecule has 2 aliphatic rings. The number of piperazine rings is 1. The number of fused-ring (bicyclic) bond motifs is 1. The summed E-state index contributed by atoms with van der Waals surface area (Å²) in [5, 5.41) is 0. The van der Waals surface area contributed by atoms with Crippen molar-refractivity contribution in [3.63, 3.8) is 0 Å². The Morgan fingerprint density at radius 3 is 2.84 bits per heavy atom. The molecule has 25 heavy (non-hydrogen) atoms. The van der Waals surface area contributed by atoms with Gasteiger partial charge in [-0.15, -0.1) is 0 Å². The largest absolute Gasteiger partial charge is 0.383 e.